The maximum Gasteiger partial charge on any atom is 0.328 e. The van der Waals surface area contributed by atoms with Crippen molar-refractivity contribution >= 4 is 27.5 Å². The van der Waals surface area contributed by atoms with Crippen LogP contribution in [-0.2, 0) is 21.4 Å². The molecule has 0 aliphatic carbocycles. The van der Waals surface area contributed by atoms with E-state index in [2.05, 4.69) is 10.3 Å². The van der Waals surface area contributed by atoms with Crippen molar-refractivity contribution < 1.29 is 22.4 Å². The summed E-state index contributed by atoms with van der Waals surface area (Å²) in [6, 6.07) is 8.13. The molecule has 0 saturated carbocycles. The molecule has 0 bridgehead atoms. The minimum Gasteiger partial charge on any atom is -0.467 e. The Morgan fingerprint density at radius 2 is 1.83 bits per heavy atom. The fourth-order valence-corrected chi connectivity index (χ4v) is 3.53. The quantitative estimate of drug-likeness (QED) is 0.503. The molecule has 0 saturated heterocycles. The van der Waals surface area contributed by atoms with Crippen LogP contribution in [0.1, 0.15) is 23.0 Å². The lowest BCUT2D eigenvalue weighted by Gasteiger charge is -2.08. The van der Waals surface area contributed by atoms with E-state index in [1.807, 2.05) is 4.72 Å². The number of nitrogens with zero attached hydrogens (tertiary/aromatic N) is 1. The van der Waals surface area contributed by atoms with Crippen molar-refractivity contribution in [2.24, 2.45) is 0 Å². The highest BCUT2D eigenvalue weighted by Crippen LogP contribution is 2.14. The number of furan rings is 1. The molecule has 0 aliphatic heterocycles. The number of aromatic nitrogens is 2. The Kier molecular flexibility index (Phi) is 5.69. The average Bonchev–Trinajstić information content (AvgIpc) is 3.17. The summed E-state index contributed by atoms with van der Waals surface area (Å²) in [5.74, 6) is -1.19. The van der Waals surface area contributed by atoms with Crippen LogP contribution in [0.15, 0.2) is 67.8 Å². The Balaban J connectivity index is 1.82. The molecule has 3 rings (SSSR count). The Morgan fingerprint density at radius 1 is 1.13 bits per heavy atom. The Labute approximate surface area is 169 Å². The van der Waals surface area contributed by atoms with E-state index < -0.39 is 33.1 Å². The van der Waals surface area contributed by atoms with Crippen molar-refractivity contribution in [2.45, 2.75) is 18.4 Å². The zero-order valence-electron chi connectivity index (χ0n) is 15.5. The molecule has 156 valence electrons. The number of sulfonamides is 1. The van der Waals surface area contributed by atoms with Gasteiger partial charge in [-0.1, -0.05) is 0 Å². The number of amides is 2. The van der Waals surface area contributed by atoms with Gasteiger partial charge in [0.05, 0.1) is 17.7 Å². The van der Waals surface area contributed by atoms with Crippen molar-refractivity contribution in [3.05, 3.63) is 81.0 Å². The molecular weight excluding hydrogens is 416 g/mol. The summed E-state index contributed by atoms with van der Waals surface area (Å²) in [5.41, 5.74) is -1.65. The smallest absolute Gasteiger partial charge is 0.328 e. The summed E-state index contributed by atoms with van der Waals surface area (Å²) in [5, 5.41) is 2.44. The van der Waals surface area contributed by atoms with Gasteiger partial charge in [0.25, 0.3) is 21.5 Å². The predicted octanol–water partition coefficient (Wildman–Crippen LogP) is 0.255. The number of aromatic amines is 1. The first-order valence-corrected chi connectivity index (χ1v) is 9.95. The molecule has 0 fully saturated rings. The van der Waals surface area contributed by atoms with Gasteiger partial charge in [0.2, 0.25) is 5.91 Å². The van der Waals surface area contributed by atoms with E-state index >= 15 is 0 Å². The molecule has 0 spiro atoms. The normalized spacial score (nSPS) is 11.1. The zero-order valence-corrected chi connectivity index (χ0v) is 16.4. The number of carbonyl (C=O) groups excluding carboxylic acids is 2. The highest BCUT2D eigenvalue weighted by Gasteiger charge is 2.18. The van der Waals surface area contributed by atoms with Crippen molar-refractivity contribution in [3.63, 3.8) is 0 Å². The van der Waals surface area contributed by atoms with Crippen molar-refractivity contribution in [3.8, 4) is 0 Å². The first-order valence-electron chi connectivity index (χ1n) is 8.47. The van der Waals surface area contributed by atoms with Gasteiger partial charge >= 0.3 is 5.69 Å². The minimum atomic E-state index is -4.01. The Hall–Kier alpha value is -3.93. The van der Waals surface area contributed by atoms with Gasteiger partial charge in [0.1, 0.15) is 11.3 Å². The second kappa shape index (κ2) is 8.21. The van der Waals surface area contributed by atoms with Crippen LogP contribution in [0, 0.1) is 0 Å². The first kappa shape index (κ1) is 20.8. The number of hydrogen-bond donors (Lipinski definition) is 3. The monoisotopic (exact) mass is 432 g/mol. The van der Waals surface area contributed by atoms with E-state index in [4.69, 9.17) is 4.42 Å². The van der Waals surface area contributed by atoms with Crippen molar-refractivity contribution in [1.29, 1.82) is 0 Å². The van der Waals surface area contributed by atoms with E-state index in [0.717, 1.165) is 17.7 Å². The van der Waals surface area contributed by atoms with Crippen LogP contribution in [0.3, 0.4) is 0 Å². The third-order valence-corrected chi connectivity index (χ3v) is 5.35. The Morgan fingerprint density at radius 3 is 2.43 bits per heavy atom. The molecule has 2 aromatic heterocycles. The van der Waals surface area contributed by atoms with Crippen LogP contribution in [-0.4, -0.2) is 29.8 Å². The minimum absolute atomic E-state index is 0.155. The van der Waals surface area contributed by atoms with Gasteiger partial charge in [-0.15, -0.1) is 0 Å². The average molecular weight is 432 g/mol. The second-order valence-electron chi connectivity index (χ2n) is 6.12. The SMILES string of the molecule is CC(=O)NS(=O)(=O)c1ccc(NC(=O)c2c[nH]c(=O)n(Cc3ccco3)c2=O)cc1. The fraction of sp³-hybridized carbons (Fsp3) is 0.111. The maximum atomic E-state index is 12.6. The summed E-state index contributed by atoms with van der Waals surface area (Å²) in [4.78, 5) is 50.1. The van der Waals surface area contributed by atoms with Gasteiger partial charge in [-0.05, 0) is 36.4 Å². The summed E-state index contributed by atoms with van der Waals surface area (Å²) in [6.45, 7) is 0.910. The highest BCUT2D eigenvalue weighted by molar-refractivity contribution is 7.90. The lowest BCUT2D eigenvalue weighted by molar-refractivity contribution is -0.117. The maximum absolute atomic E-state index is 12.6. The van der Waals surface area contributed by atoms with Gasteiger partial charge in [0.15, 0.2) is 0 Å². The van der Waals surface area contributed by atoms with Crippen LogP contribution in [0.2, 0.25) is 0 Å². The van der Waals surface area contributed by atoms with Crippen LogP contribution >= 0.6 is 0 Å². The number of hydrogen-bond acceptors (Lipinski definition) is 7. The summed E-state index contributed by atoms with van der Waals surface area (Å²) in [6.07, 6.45) is 2.38. The van der Waals surface area contributed by atoms with Gasteiger partial charge in [-0.2, -0.15) is 0 Å². The zero-order chi connectivity index (χ0) is 21.9. The molecule has 30 heavy (non-hydrogen) atoms. The van der Waals surface area contributed by atoms with Crippen molar-refractivity contribution in [1.82, 2.24) is 14.3 Å². The molecule has 2 amide bonds. The van der Waals surface area contributed by atoms with Gasteiger partial charge in [0, 0.05) is 18.8 Å². The molecule has 1 aromatic carbocycles. The van der Waals surface area contributed by atoms with Gasteiger partial charge in [-0.3, -0.25) is 19.0 Å². The second-order valence-corrected chi connectivity index (χ2v) is 7.80. The predicted molar refractivity (Wildman–Crippen MR) is 105 cm³/mol. The molecule has 12 heteroatoms. The first-order chi connectivity index (χ1) is 14.2. The molecule has 0 aliphatic rings. The summed E-state index contributed by atoms with van der Waals surface area (Å²) < 4.78 is 31.6. The number of benzene rings is 1. The fourth-order valence-electron chi connectivity index (χ4n) is 2.54. The lowest BCUT2D eigenvalue weighted by Crippen LogP contribution is -2.39. The van der Waals surface area contributed by atoms with Crippen LogP contribution < -0.4 is 21.3 Å². The topological polar surface area (TPSA) is 160 Å². The van der Waals surface area contributed by atoms with Crippen LogP contribution in [0.4, 0.5) is 5.69 Å². The van der Waals surface area contributed by atoms with E-state index in [0.29, 0.717) is 5.76 Å². The molecule has 0 atom stereocenters. The number of anilines is 1. The van der Waals surface area contributed by atoms with E-state index in [-0.39, 0.29) is 22.7 Å². The third kappa shape index (κ3) is 4.55. The van der Waals surface area contributed by atoms with Gasteiger partial charge in [-0.25, -0.2) is 17.9 Å². The standard InChI is InChI=1S/C18H16N4O7S/c1-11(23)21-30(27,28)14-6-4-12(5-7-14)20-16(24)15-9-19-18(26)22(17(15)25)10-13-3-2-8-29-13/h2-9H,10H2,1H3,(H,19,26)(H,20,24)(H,21,23). The molecule has 2 heterocycles. The highest BCUT2D eigenvalue weighted by atomic mass is 32.2. The molecule has 0 unspecified atom stereocenters. The van der Waals surface area contributed by atoms with E-state index in [1.54, 1.807) is 12.1 Å². The molecular formula is C18H16N4O7S. The van der Waals surface area contributed by atoms with Crippen molar-refractivity contribution in [2.75, 3.05) is 5.32 Å². The number of rotatable bonds is 6. The largest absolute Gasteiger partial charge is 0.467 e. The van der Waals surface area contributed by atoms with Gasteiger partial charge < -0.3 is 14.7 Å². The third-order valence-electron chi connectivity index (χ3n) is 3.90. The van der Waals surface area contributed by atoms with E-state index in [1.165, 1.54) is 30.5 Å². The molecule has 0 radical (unpaired) electrons. The number of nitrogens with one attached hydrogen (secondary N) is 3. The summed E-state index contributed by atoms with van der Waals surface area (Å²) >= 11 is 0. The lowest BCUT2D eigenvalue weighted by atomic mass is 10.2. The Bertz CT molecular complexity index is 1300. The van der Waals surface area contributed by atoms with Crippen LogP contribution in [0.25, 0.3) is 0 Å². The van der Waals surface area contributed by atoms with Crippen LogP contribution in [0.5, 0.6) is 0 Å². The molecule has 11 nitrogen and oxygen atoms in total. The summed E-state index contributed by atoms with van der Waals surface area (Å²) in [7, 11) is -4.01. The molecule has 3 aromatic rings. The number of carbonyl (C=O) groups is 2. The van der Waals surface area contributed by atoms with E-state index in [9.17, 15) is 27.6 Å². The number of H-pyrrole nitrogens is 1. The molecule has 3 N–H and O–H groups in total.